The van der Waals surface area contributed by atoms with Crippen LogP contribution < -0.4 is 4.90 Å². The third-order valence-electron chi connectivity index (χ3n) is 7.02. The highest BCUT2D eigenvalue weighted by molar-refractivity contribution is 6.11. The van der Waals surface area contributed by atoms with Crippen molar-refractivity contribution in [3.8, 4) is 11.3 Å². The number of nitrogens with zero attached hydrogens (tertiary/aromatic N) is 5. The molecule has 1 fully saturated rings. The summed E-state index contributed by atoms with van der Waals surface area (Å²) >= 11 is 0. The van der Waals surface area contributed by atoms with Crippen LogP contribution in [0.3, 0.4) is 0 Å². The molecule has 0 atom stereocenters. The van der Waals surface area contributed by atoms with E-state index >= 15 is 0 Å². The van der Waals surface area contributed by atoms with E-state index in [4.69, 9.17) is 0 Å². The van der Waals surface area contributed by atoms with Crippen LogP contribution in [0.15, 0.2) is 66.7 Å². The van der Waals surface area contributed by atoms with Gasteiger partial charge in [0.05, 0.1) is 17.7 Å². The lowest BCUT2D eigenvalue weighted by Gasteiger charge is -2.18. The lowest BCUT2D eigenvalue weighted by molar-refractivity contribution is -0.143. The number of aryl methyl sites for hydroxylation is 2. The molecule has 0 N–H and O–H groups in total. The van der Waals surface area contributed by atoms with Gasteiger partial charge in [-0.15, -0.1) is 5.10 Å². The van der Waals surface area contributed by atoms with E-state index in [9.17, 15) is 35.9 Å². The van der Waals surface area contributed by atoms with Gasteiger partial charge in [0.2, 0.25) is 0 Å². The molecule has 4 aromatic rings. The number of rotatable bonds is 5. The molecule has 218 valence electrons. The highest BCUT2D eigenvalue weighted by Crippen LogP contribution is 2.37. The molecule has 0 bridgehead atoms. The predicted molar refractivity (Wildman–Crippen MR) is 141 cm³/mol. The number of hydrogen-bond donors (Lipinski definition) is 0. The third-order valence-corrected chi connectivity index (χ3v) is 7.02. The monoisotopic (exact) mass is 587 g/mol. The maximum absolute atomic E-state index is 13.7. The Balaban J connectivity index is 1.52. The van der Waals surface area contributed by atoms with Crippen molar-refractivity contribution in [1.29, 1.82) is 0 Å². The van der Waals surface area contributed by atoms with Crippen molar-refractivity contribution in [3.05, 3.63) is 100 Å². The van der Waals surface area contributed by atoms with E-state index in [1.165, 1.54) is 4.90 Å². The first-order valence-corrected chi connectivity index (χ1v) is 12.7. The van der Waals surface area contributed by atoms with Crippen molar-refractivity contribution in [2.24, 2.45) is 0 Å². The van der Waals surface area contributed by atoms with E-state index in [2.05, 4.69) is 10.3 Å². The summed E-state index contributed by atoms with van der Waals surface area (Å²) < 4.78 is 81.7. The van der Waals surface area contributed by atoms with Gasteiger partial charge in [-0.05, 0) is 60.9 Å². The molecule has 42 heavy (non-hydrogen) atoms. The van der Waals surface area contributed by atoms with Gasteiger partial charge in [-0.2, -0.15) is 26.3 Å². The number of aromatic nitrogens is 3. The van der Waals surface area contributed by atoms with Crippen LogP contribution in [0, 0.1) is 13.8 Å². The van der Waals surface area contributed by atoms with Crippen LogP contribution in [0.25, 0.3) is 11.3 Å². The Morgan fingerprint density at radius 1 is 0.833 bits per heavy atom. The fourth-order valence-corrected chi connectivity index (χ4v) is 4.72. The zero-order chi connectivity index (χ0) is 30.4. The second kappa shape index (κ2) is 10.6. The maximum Gasteiger partial charge on any atom is 0.416 e. The van der Waals surface area contributed by atoms with Crippen LogP contribution in [0.4, 0.5) is 36.8 Å². The summed E-state index contributed by atoms with van der Waals surface area (Å²) in [5, 5.41) is 7.86. The van der Waals surface area contributed by atoms with Gasteiger partial charge in [0.25, 0.3) is 5.91 Å². The summed E-state index contributed by atoms with van der Waals surface area (Å²) in [6, 6.07) is 14.2. The lowest BCUT2D eigenvalue weighted by Crippen LogP contribution is -2.36. The number of benzene rings is 3. The first kappa shape index (κ1) is 28.8. The van der Waals surface area contributed by atoms with Crippen molar-refractivity contribution in [1.82, 2.24) is 19.9 Å². The van der Waals surface area contributed by atoms with E-state index in [-0.39, 0.29) is 36.1 Å². The molecular weight excluding hydrogens is 564 g/mol. The van der Waals surface area contributed by atoms with Gasteiger partial charge in [-0.1, -0.05) is 41.6 Å². The fraction of sp³-hybridized carbons (Fsp3) is 0.241. The molecule has 3 aromatic carbocycles. The lowest BCUT2D eigenvalue weighted by atomic mass is 10.0. The summed E-state index contributed by atoms with van der Waals surface area (Å²) in [5.41, 5.74) is -0.534. The smallest absolute Gasteiger partial charge is 0.292 e. The summed E-state index contributed by atoms with van der Waals surface area (Å²) in [7, 11) is 0. The molecule has 0 radical (unpaired) electrons. The molecule has 2 heterocycles. The van der Waals surface area contributed by atoms with Crippen molar-refractivity contribution in [2.45, 2.75) is 32.7 Å². The zero-order valence-electron chi connectivity index (χ0n) is 22.3. The molecule has 1 aliphatic heterocycles. The highest BCUT2D eigenvalue weighted by Gasteiger charge is 2.39. The molecule has 0 aliphatic carbocycles. The van der Waals surface area contributed by atoms with Crippen LogP contribution in [0.2, 0.25) is 0 Å². The molecule has 1 aromatic heterocycles. The summed E-state index contributed by atoms with van der Waals surface area (Å²) in [6.45, 7) is 3.52. The van der Waals surface area contributed by atoms with Crippen molar-refractivity contribution in [2.75, 3.05) is 18.0 Å². The van der Waals surface area contributed by atoms with Gasteiger partial charge >= 0.3 is 18.4 Å². The number of urea groups is 1. The van der Waals surface area contributed by atoms with Crippen molar-refractivity contribution < 1.29 is 35.9 Å². The molecule has 5 rings (SSSR count). The number of carbonyl (C=O) groups excluding carboxylic acids is 2. The number of carbonyl (C=O) groups is 2. The average molecular weight is 588 g/mol. The quantitative estimate of drug-likeness (QED) is 0.243. The van der Waals surface area contributed by atoms with Crippen LogP contribution in [-0.2, 0) is 18.9 Å². The first-order valence-electron chi connectivity index (χ1n) is 12.7. The molecule has 0 spiro atoms. The predicted octanol–water partition coefficient (Wildman–Crippen LogP) is 6.73. The van der Waals surface area contributed by atoms with Gasteiger partial charge < -0.3 is 0 Å². The highest BCUT2D eigenvalue weighted by atomic mass is 19.4. The van der Waals surface area contributed by atoms with E-state index in [1.807, 2.05) is 26.0 Å². The van der Waals surface area contributed by atoms with Crippen molar-refractivity contribution in [3.63, 3.8) is 0 Å². The Hall–Kier alpha value is -4.68. The summed E-state index contributed by atoms with van der Waals surface area (Å²) in [4.78, 5) is 29.4. The Morgan fingerprint density at radius 3 is 2.07 bits per heavy atom. The standard InChI is InChI=1S/C29H23F6N5O2/c1-17-8-9-23(12-18(17)2)38-10-11-39(27(38)42)26(41)24-25(20-6-4-3-5-7-20)40(37-36-24)16-19-13-21(28(30,31)32)15-22(14-19)29(33,34)35/h3-9,12-15H,10-11,16H2,1-2H3. The molecular formula is C29H23F6N5O2. The van der Waals surface area contributed by atoms with Crippen LogP contribution >= 0.6 is 0 Å². The van der Waals surface area contributed by atoms with E-state index in [0.29, 0.717) is 23.4 Å². The topological polar surface area (TPSA) is 71.3 Å². The number of amides is 3. The fourth-order valence-electron chi connectivity index (χ4n) is 4.72. The minimum absolute atomic E-state index is 0.0360. The van der Waals surface area contributed by atoms with E-state index < -0.39 is 42.0 Å². The second-order valence-electron chi connectivity index (χ2n) is 9.88. The normalized spacial score (nSPS) is 14.1. The summed E-state index contributed by atoms with van der Waals surface area (Å²) in [6.07, 6.45) is -10.1. The van der Waals surface area contributed by atoms with Gasteiger partial charge in [-0.3, -0.25) is 14.6 Å². The largest absolute Gasteiger partial charge is 0.416 e. The van der Waals surface area contributed by atoms with Crippen LogP contribution in [0.1, 0.15) is 38.3 Å². The first-order chi connectivity index (χ1) is 19.7. The molecule has 1 saturated heterocycles. The van der Waals surface area contributed by atoms with Gasteiger partial charge in [0, 0.05) is 24.3 Å². The molecule has 0 unspecified atom stereocenters. The number of anilines is 1. The zero-order valence-corrected chi connectivity index (χ0v) is 22.3. The molecule has 13 heteroatoms. The number of imide groups is 1. The van der Waals surface area contributed by atoms with Gasteiger partial charge in [0.1, 0.15) is 5.69 Å². The minimum atomic E-state index is -5.03. The molecule has 0 saturated carbocycles. The van der Waals surface area contributed by atoms with Crippen LogP contribution in [0.5, 0.6) is 0 Å². The molecule has 3 amide bonds. The maximum atomic E-state index is 13.7. The Morgan fingerprint density at radius 2 is 1.48 bits per heavy atom. The Labute approximate surface area is 236 Å². The van der Waals surface area contributed by atoms with E-state index in [0.717, 1.165) is 20.7 Å². The molecule has 7 nitrogen and oxygen atoms in total. The minimum Gasteiger partial charge on any atom is -0.292 e. The average Bonchev–Trinajstić information content (AvgIpc) is 3.52. The number of hydrogen-bond acceptors (Lipinski definition) is 4. The van der Waals surface area contributed by atoms with Crippen LogP contribution in [-0.4, -0.2) is 44.9 Å². The molecule has 1 aliphatic rings. The van der Waals surface area contributed by atoms with Gasteiger partial charge in [-0.25, -0.2) is 9.48 Å². The van der Waals surface area contributed by atoms with Gasteiger partial charge in [0.15, 0.2) is 5.69 Å². The third kappa shape index (κ3) is 5.58. The second-order valence-corrected chi connectivity index (χ2v) is 9.88. The Bertz CT molecular complexity index is 1630. The SMILES string of the molecule is Cc1ccc(N2CCN(C(=O)c3nnn(Cc4cc(C(F)(F)F)cc(C(F)(F)F)c4)c3-c3ccccc3)C2=O)cc1C. The Kier molecular flexibility index (Phi) is 7.29. The summed E-state index contributed by atoms with van der Waals surface area (Å²) in [5.74, 6) is -0.795. The number of halogens is 6. The van der Waals surface area contributed by atoms with Crippen molar-refractivity contribution >= 4 is 17.6 Å². The number of alkyl halides is 6. The van der Waals surface area contributed by atoms with E-state index in [1.54, 1.807) is 36.4 Å².